The summed E-state index contributed by atoms with van der Waals surface area (Å²) >= 11 is 1.12. The molecule has 1 fully saturated rings. The molecule has 1 aromatic heterocycles. The Balaban J connectivity index is 1.68. The first-order chi connectivity index (χ1) is 13.3. The minimum atomic E-state index is -4.44. The van der Waals surface area contributed by atoms with Crippen LogP contribution < -0.4 is 0 Å². The molecule has 1 aromatic carbocycles. The molecule has 0 spiro atoms. The average Bonchev–Trinajstić information content (AvgIpc) is 3.17. The van der Waals surface area contributed by atoms with E-state index in [0.717, 1.165) is 23.5 Å². The molecule has 0 N–H and O–H groups in total. The van der Waals surface area contributed by atoms with Crippen molar-refractivity contribution < 1.29 is 27.5 Å². The van der Waals surface area contributed by atoms with Gasteiger partial charge in [0.25, 0.3) is 5.91 Å². The van der Waals surface area contributed by atoms with Crippen LogP contribution in [0.5, 0.6) is 0 Å². The van der Waals surface area contributed by atoms with Crippen LogP contribution in [0.4, 0.5) is 13.2 Å². The molecule has 1 saturated heterocycles. The third-order valence-electron chi connectivity index (χ3n) is 4.35. The molecule has 3 rings (SSSR count). The number of ether oxygens (including phenoxy) is 1. The zero-order chi connectivity index (χ0) is 20.3. The maximum absolute atomic E-state index is 12.9. The largest absolute Gasteiger partial charge is 0.416 e. The first-order valence-corrected chi connectivity index (χ1v) is 9.36. The maximum atomic E-state index is 12.9. The summed E-state index contributed by atoms with van der Waals surface area (Å²) in [5.41, 5.74) is -0.257. The highest BCUT2D eigenvalue weighted by molar-refractivity contribution is 7.13. The second-order valence-electron chi connectivity index (χ2n) is 6.22. The smallest absolute Gasteiger partial charge is 0.375 e. The van der Waals surface area contributed by atoms with Crippen LogP contribution in [0.1, 0.15) is 16.1 Å². The summed E-state index contributed by atoms with van der Waals surface area (Å²) in [6, 6.07) is 4.86. The van der Waals surface area contributed by atoms with Gasteiger partial charge in [0, 0.05) is 44.2 Å². The molecule has 1 aliphatic rings. The Morgan fingerprint density at radius 2 is 1.86 bits per heavy atom. The van der Waals surface area contributed by atoms with Crippen molar-refractivity contribution in [3.8, 4) is 10.6 Å². The summed E-state index contributed by atoms with van der Waals surface area (Å²) in [6.45, 7) is 1.53. The highest BCUT2D eigenvalue weighted by Crippen LogP contribution is 2.33. The molecule has 0 atom stereocenters. The van der Waals surface area contributed by atoms with Crippen LogP contribution in [-0.2, 0) is 15.7 Å². The van der Waals surface area contributed by atoms with Crippen molar-refractivity contribution in [1.29, 1.82) is 0 Å². The van der Waals surface area contributed by atoms with Crippen molar-refractivity contribution in [1.82, 2.24) is 14.8 Å². The topological polar surface area (TPSA) is 62.7 Å². The summed E-state index contributed by atoms with van der Waals surface area (Å²) in [6.07, 6.45) is -4.44. The van der Waals surface area contributed by atoms with Gasteiger partial charge in [0.2, 0.25) is 5.91 Å². The van der Waals surface area contributed by atoms with Crippen LogP contribution in [0, 0.1) is 0 Å². The Hall–Kier alpha value is -2.46. The first kappa shape index (κ1) is 20.3. The molecule has 1 aliphatic heterocycles. The van der Waals surface area contributed by atoms with Gasteiger partial charge in [0.05, 0.1) is 5.56 Å². The maximum Gasteiger partial charge on any atom is 0.416 e. The molecule has 0 saturated carbocycles. The fourth-order valence-electron chi connectivity index (χ4n) is 2.87. The highest BCUT2D eigenvalue weighted by Gasteiger charge is 2.31. The molecule has 0 radical (unpaired) electrons. The van der Waals surface area contributed by atoms with Crippen molar-refractivity contribution >= 4 is 23.2 Å². The normalized spacial score (nSPS) is 15.0. The number of thiazole rings is 1. The van der Waals surface area contributed by atoms with Crippen LogP contribution in [0.3, 0.4) is 0 Å². The Morgan fingerprint density at radius 3 is 2.50 bits per heavy atom. The van der Waals surface area contributed by atoms with E-state index in [1.807, 2.05) is 0 Å². The number of halogens is 3. The molecule has 0 unspecified atom stereocenters. The fraction of sp³-hybridized carbons (Fsp3) is 0.389. The lowest BCUT2D eigenvalue weighted by atomic mass is 10.1. The number of rotatable bonds is 4. The van der Waals surface area contributed by atoms with Gasteiger partial charge in [-0.2, -0.15) is 13.2 Å². The molecule has 0 aliphatic carbocycles. The fourth-order valence-corrected chi connectivity index (χ4v) is 3.66. The minimum Gasteiger partial charge on any atom is -0.375 e. The van der Waals surface area contributed by atoms with Gasteiger partial charge in [0.1, 0.15) is 17.3 Å². The third-order valence-corrected chi connectivity index (χ3v) is 5.24. The number of hydrogen-bond donors (Lipinski definition) is 0. The lowest BCUT2D eigenvalue weighted by Gasteiger charge is -2.34. The molecular weight excluding hydrogens is 395 g/mol. The number of alkyl halides is 3. The van der Waals surface area contributed by atoms with Gasteiger partial charge in [-0.05, 0) is 12.1 Å². The van der Waals surface area contributed by atoms with E-state index < -0.39 is 11.7 Å². The number of carbonyl (C=O) groups excluding carboxylic acids is 2. The number of piperazine rings is 1. The van der Waals surface area contributed by atoms with Crippen molar-refractivity contribution in [3.63, 3.8) is 0 Å². The van der Waals surface area contributed by atoms with Gasteiger partial charge in [-0.25, -0.2) is 4.98 Å². The summed E-state index contributed by atoms with van der Waals surface area (Å²) < 4.78 is 43.5. The SMILES string of the molecule is COCC(=O)N1CCN(C(=O)c2csc(-c3cccc(C(F)(F)F)c3)n2)CC1. The van der Waals surface area contributed by atoms with Gasteiger partial charge in [-0.15, -0.1) is 11.3 Å². The quantitative estimate of drug-likeness (QED) is 0.773. The standard InChI is InChI=1S/C18H18F3N3O3S/c1-27-10-15(25)23-5-7-24(8-6-23)17(26)14-11-28-16(22-14)12-3-2-4-13(9-12)18(19,20)21/h2-4,9,11H,5-8,10H2,1H3. The monoisotopic (exact) mass is 413 g/mol. The van der Waals surface area contributed by atoms with E-state index in [2.05, 4.69) is 4.98 Å². The van der Waals surface area contributed by atoms with E-state index in [1.165, 1.54) is 19.2 Å². The van der Waals surface area contributed by atoms with Gasteiger partial charge in [-0.1, -0.05) is 12.1 Å². The van der Waals surface area contributed by atoms with Crippen LogP contribution in [0.25, 0.3) is 10.6 Å². The molecule has 6 nitrogen and oxygen atoms in total. The van der Waals surface area contributed by atoms with Crippen LogP contribution in [0.15, 0.2) is 29.6 Å². The predicted octanol–water partition coefficient (Wildman–Crippen LogP) is 2.76. The number of methoxy groups -OCH3 is 1. The molecule has 2 heterocycles. The lowest BCUT2D eigenvalue weighted by Crippen LogP contribution is -2.51. The Morgan fingerprint density at radius 1 is 1.18 bits per heavy atom. The molecule has 10 heteroatoms. The van der Waals surface area contributed by atoms with Gasteiger partial charge in [-0.3, -0.25) is 9.59 Å². The van der Waals surface area contributed by atoms with E-state index in [9.17, 15) is 22.8 Å². The van der Waals surface area contributed by atoms with Crippen molar-refractivity contribution in [3.05, 3.63) is 40.9 Å². The van der Waals surface area contributed by atoms with Crippen molar-refractivity contribution in [2.45, 2.75) is 6.18 Å². The summed E-state index contributed by atoms with van der Waals surface area (Å²) in [7, 11) is 1.45. The Labute approximate surface area is 163 Å². The van der Waals surface area contributed by atoms with Crippen LogP contribution >= 0.6 is 11.3 Å². The summed E-state index contributed by atoms with van der Waals surface area (Å²) in [4.78, 5) is 31.9. The number of carbonyl (C=O) groups is 2. The van der Waals surface area contributed by atoms with Gasteiger partial charge in [0.15, 0.2) is 0 Å². The van der Waals surface area contributed by atoms with Crippen molar-refractivity contribution in [2.75, 3.05) is 39.9 Å². The van der Waals surface area contributed by atoms with E-state index in [-0.39, 0.29) is 24.1 Å². The van der Waals surface area contributed by atoms with E-state index >= 15 is 0 Å². The molecular formula is C18H18F3N3O3S. The van der Waals surface area contributed by atoms with Crippen molar-refractivity contribution in [2.24, 2.45) is 0 Å². The minimum absolute atomic E-state index is 0.000379. The number of amides is 2. The van der Waals surface area contributed by atoms with Crippen LogP contribution in [0.2, 0.25) is 0 Å². The first-order valence-electron chi connectivity index (χ1n) is 8.48. The van der Waals surface area contributed by atoms with E-state index in [1.54, 1.807) is 15.2 Å². The molecule has 28 heavy (non-hydrogen) atoms. The summed E-state index contributed by atoms with van der Waals surface area (Å²) in [5, 5.41) is 1.89. The number of nitrogens with zero attached hydrogens (tertiary/aromatic N) is 3. The number of benzene rings is 1. The zero-order valence-electron chi connectivity index (χ0n) is 15.0. The molecule has 2 aromatic rings. The van der Waals surface area contributed by atoms with Gasteiger partial charge < -0.3 is 14.5 Å². The zero-order valence-corrected chi connectivity index (χ0v) is 15.8. The molecule has 150 valence electrons. The Bertz CT molecular complexity index is 861. The average molecular weight is 413 g/mol. The number of hydrogen-bond acceptors (Lipinski definition) is 5. The highest BCUT2D eigenvalue weighted by atomic mass is 32.1. The predicted molar refractivity (Wildman–Crippen MR) is 96.9 cm³/mol. The number of aromatic nitrogens is 1. The second kappa shape index (κ2) is 8.27. The summed E-state index contributed by atoms with van der Waals surface area (Å²) in [5.74, 6) is -0.427. The van der Waals surface area contributed by atoms with Gasteiger partial charge >= 0.3 is 6.18 Å². The van der Waals surface area contributed by atoms with E-state index in [4.69, 9.17) is 4.74 Å². The second-order valence-corrected chi connectivity index (χ2v) is 7.08. The van der Waals surface area contributed by atoms with E-state index in [0.29, 0.717) is 36.8 Å². The lowest BCUT2D eigenvalue weighted by molar-refractivity contribution is -0.138. The third kappa shape index (κ3) is 4.50. The Kier molecular flexibility index (Phi) is 5.99. The van der Waals surface area contributed by atoms with Crippen LogP contribution in [-0.4, -0.2) is 66.5 Å². The molecule has 0 bridgehead atoms. The molecule has 2 amide bonds.